The zero-order valence-corrected chi connectivity index (χ0v) is 23.5. The Kier molecular flexibility index (Phi) is 8.90. The molecule has 2 saturated carbocycles. The maximum atomic E-state index is 13.7. The van der Waals surface area contributed by atoms with Crippen molar-refractivity contribution < 1.29 is 24.0 Å². The van der Waals surface area contributed by atoms with E-state index >= 15 is 0 Å². The van der Waals surface area contributed by atoms with Gasteiger partial charge in [-0.25, -0.2) is 0 Å². The number of hydrogen-bond acceptors (Lipinski definition) is 6. The van der Waals surface area contributed by atoms with Crippen LogP contribution in [0.3, 0.4) is 0 Å². The van der Waals surface area contributed by atoms with E-state index in [0.717, 1.165) is 25.7 Å². The first-order valence-electron chi connectivity index (χ1n) is 12.8. The number of amides is 3. The molecular weight excluding hydrogens is 486 g/mol. The number of ether oxygens (including phenoxy) is 1. The molecule has 0 aromatic carbocycles. The number of likely N-dealkylation sites (tertiary alicyclic amines) is 1. The second-order valence-electron chi connectivity index (χ2n) is 11.4. The molecule has 3 aliphatic rings. The molecular formula is C24H44N4O5P2. The Morgan fingerprint density at radius 1 is 1.29 bits per heavy atom. The Morgan fingerprint density at radius 2 is 1.94 bits per heavy atom. The van der Waals surface area contributed by atoms with Gasteiger partial charge in [0.15, 0.2) is 0 Å². The van der Waals surface area contributed by atoms with Gasteiger partial charge in [-0.05, 0) is 12.8 Å². The average molecular weight is 531 g/mol. The van der Waals surface area contributed by atoms with Crippen molar-refractivity contribution in [1.29, 1.82) is 0 Å². The van der Waals surface area contributed by atoms with Crippen LogP contribution in [0.2, 0.25) is 0 Å². The van der Waals surface area contributed by atoms with Crippen LogP contribution in [0, 0.1) is 11.3 Å². The molecule has 0 aromatic rings. The molecule has 11 heteroatoms. The van der Waals surface area contributed by atoms with Gasteiger partial charge in [-0.3, -0.25) is 0 Å². The molecule has 0 bridgehead atoms. The molecule has 3 fully saturated rings. The van der Waals surface area contributed by atoms with Crippen molar-refractivity contribution in [2.24, 2.45) is 17.1 Å². The van der Waals surface area contributed by atoms with Crippen LogP contribution in [0.1, 0.15) is 65.7 Å². The fourth-order valence-corrected chi connectivity index (χ4v) is 9.77. The molecule has 1 aliphatic heterocycles. The topological polar surface area (TPSA) is 134 Å². The number of nitrogens with zero attached hydrogens (tertiary/aromatic N) is 1. The van der Waals surface area contributed by atoms with Crippen molar-refractivity contribution in [3.8, 4) is 0 Å². The van der Waals surface area contributed by atoms with Gasteiger partial charge < -0.3 is 0 Å². The quantitative estimate of drug-likeness (QED) is 0.267. The van der Waals surface area contributed by atoms with Gasteiger partial charge in [0.2, 0.25) is 0 Å². The standard InChI is InChI=1S/C24H44N4O5P2/c1-5-16-15-24(16,35(32,34)14-12-25)27-20(29)18-11-8-13-28(18)21(30)19(23(2,3)4)26-22(31)33-17-9-6-7-10-17/h5,16-19,32,35H,1,6-15,25,34H2,2-4H3,(H,26,31)(H,27,29)/t16?,18-,19?,24-/m0/s1. The van der Waals surface area contributed by atoms with Crippen LogP contribution in [0.5, 0.6) is 0 Å². The van der Waals surface area contributed by atoms with E-state index in [2.05, 4.69) is 26.1 Å². The van der Waals surface area contributed by atoms with Gasteiger partial charge in [-0.15, -0.1) is 0 Å². The summed E-state index contributed by atoms with van der Waals surface area (Å²) in [4.78, 5) is 52.5. The fraction of sp³-hybridized carbons (Fsp3) is 0.792. The van der Waals surface area contributed by atoms with Crippen molar-refractivity contribution in [3.05, 3.63) is 12.7 Å². The van der Waals surface area contributed by atoms with Gasteiger partial charge in [0.05, 0.1) is 0 Å². The molecule has 200 valence electrons. The molecule has 3 rings (SSSR count). The molecule has 1 heterocycles. The number of hydrogen-bond donors (Lipinski definition) is 4. The van der Waals surface area contributed by atoms with E-state index in [4.69, 9.17) is 10.5 Å². The van der Waals surface area contributed by atoms with Crippen LogP contribution >= 0.6 is 16.1 Å². The summed E-state index contributed by atoms with van der Waals surface area (Å²) in [5.41, 5.74) is 5.16. The molecule has 0 radical (unpaired) electrons. The Balaban J connectivity index is 1.72. The van der Waals surface area contributed by atoms with E-state index in [0.29, 0.717) is 38.5 Å². The van der Waals surface area contributed by atoms with E-state index in [1.807, 2.05) is 20.8 Å². The van der Waals surface area contributed by atoms with Gasteiger partial charge >= 0.3 is 199 Å². The predicted molar refractivity (Wildman–Crippen MR) is 143 cm³/mol. The summed E-state index contributed by atoms with van der Waals surface area (Å²) in [6.07, 6.45) is 7.13. The first-order valence-corrected chi connectivity index (χ1v) is 16.8. The molecule has 1 saturated heterocycles. The summed E-state index contributed by atoms with van der Waals surface area (Å²) in [7, 11) is -0.370. The Morgan fingerprint density at radius 3 is 2.49 bits per heavy atom. The summed E-state index contributed by atoms with van der Waals surface area (Å²) in [5.74, 6) is -0.581. The first kappa shape index (κ1) is 28.3. The van der Waals surface area contributed by atoms with E-state index < -0.39 is 36.0 Å². The maximum absolute atomic E-state index is 13.7. The number of nitrogens with one attached hydrogen (secondary N) is 2. The molecule has 5 N–H and O–H groups in total. The van der Waals surface area contributed by atoms with Gasteiger partial charge in [-0.1, -0.05) is 0 Å². The second kappa shape index (κ2) is 11.0. The molecule has 5 atom stereocenters. The van der Waals surface area contributed by atoms with Crippen molar-refractivity contribution in [1.82, 2.24) is 15.5 Å². The van der Waals surface area contributed by atoms with Crippen molar-refractivity contribution in [3.63, 3.8) is 0 Å². The van der Waals surface area contributed by atoms with E-state index in [1.165, 1.54) is 0 Å². The van der Waals surface area contributed by atoms with E-state index in [1.54, 1.807) is 11.0 Å². The molecule has 3 amide bonds. The van der Waals surface area contributed by atoms with Gasteiger partial charge in [0, 0.05) is 0 Å². The Labute approximate surface area is 211 Å². The summed E-state index contributed by atoms with van der Waals surface area (Å²) in [5, 5.41) is 5.16. The summed E-state index contributed by atoms with van der Waals surface area (Å²) >= 11 is 0. The normalized spacial score (nSPS) is 28.3. The van der Waals surface area contributed by atoms with Crippen LogP contribution < -0.4 is 16.4 Å². The number of carbonyl (C=O) groups is 3. The van der Waals surface area contributed by atoms with Crippen molar-refractivity contribution in [2.75, 3.05) is 19.3 Å². The number of carbonyl (C=O) groups excluding carboxylic acids is 3. The van der Waals surface area contributed by atoms with Gasteiger partial charge in [0.25, 0.3) is 0 Å². The molecule has 0 aromatic heterocycles. The van der Waals surface area contributed by atoms with Crippen LogP contribution in [0.15, 0.2) is 12.7 Å². The zero-order chi connectivity index (χ0) is 26.0. The zero-order valence-electron chi connectivity index (χ0n) is 21.3. The number of rotatable bonds is 9. The Hall–Kier alpha value is -1.27. The average Bonchev–Trinajstić information content (AvgIpc) is 3.11. The number of alkyl carbamates (subject to hydrolysis) is 1. The minimum absolute atomic E-state index is 0.0212. The third-order valence-corrected chi connectivity index (χ3v) is 13.4. The van der Waals surface area contributed by atoms with E-state index in [9.17, 15) is 19.3 Å². The van der Waals surface area contributed by atoms with Crippen LogP contribution in [-0.2, 0) is 14.3 Å². The third-order valence-electron chi connectivity index (χ3n) is 7.73. The summed E-state index contributed by atoms with van der Waals surface area (Å²) in [6, 6.07) is -1.48. The molecule has 35 heavy (non-hydrogen) atoms. The summed E-state index contributed by atoms with van der Waals surface area (Å²) in [6.45, 7) is 10.3. The fourth-order valence-electron chi connectivity index (χ4n) is 5.50. The van der Waals surface area contributed by atoms with Crippen LogP contribution in [-0.4, -0.2) is 70.4 Å². The van der Waals surface area contributed by atoms with Gasteiger partial charge in [-0.2, -0.15) is 0 Å². The number of nitrogens with two attached hydrogens (primary N) is 1. The van der Waals surface area contributed by atoms with Crippen LogP contribution in [0.25, 0.3) is 0 Å². The van der Waals surface area contributed by atoms with Gasteiger partial charge in [0.1, 0.15) is 0 Å². The summed E-state index contributed by atoms with van der Waals surface area (Å²) < 4.78 is 5.54. The third kappa shape index (κ3) is 6.18. The Bertz CT molecular complexity index is 827. The van der Waals surface area contributed by atoms with Crippen LogP contribution in [0.4, 0.5) is 4.79 Å². The molecule has 9 nitrogen and oxygen atoms in total. The monoisotopic (exact) mass is 530 g/mol. The SMILES string of the molecule is C=CC1C[C@]1(NC(=O)[C@@H]1CCCN1C(=O)C(NC(=O)OC1CCCC1)C(C)(C)C)[PH](O)(P)CCN. The predicted octanol–water partition coefficient (Wildman–Crippen LogP) is 2.49. The van der Waals surface area contributed by atoms with Crippen molar-refractivity contribution in [2.45, 2.75) is 89.2 Å². The van der Waals surface area contributed by atoms with E-state index in [-0.39, 0.29) is 23.8 Å². The van der Waals surface area contributed by atoms with Crippen molar-refractivity contribution >= 4 is 34.0 Å². The first-order chi connectivity index (χ1) is 16.4. The second-order valence-corrected chi connectivity index (χ2v) is 17.5. The molecule has 0 spiro atoms. The minimum atomic E-state index is -2.95. The molecule has 2 aliphatic carbocycles. The molecule has 3 unspecified atom stereocenters.